The first kappa shape index (κ1) is 20.6. The summed E-state index contributed by atoms with van der Waals surface area (Å²) in [6.07, 6.45) is 2.49. The molecule has 0 saturated carbocycles. The van der Waals surface area contributed by atoms with Crippen LogP contribution in [-0.4, -0.2) is 20.8 Å². The maximum atomic E-state index is 12.3. The Kier molecular flexibility index (Phi) is 6.47. The van der Waals surface area contributed by atoms with Gasteiger partial charge in [0.05, 0.1) is 22.9 Å². The van der Waals surface area contributed by atoms with Gasteiger partial charge in [-0.2, -0.15) is 0 Å². The first-order valence-corrected chi connectivity index (χ1v) is 11.6. The number of aromatic nitrogens is 2. The van der Waals surface area contributed by atoms with Crippen LogP contribution in [0.25, 0.3) is 21.8 Å². The Bertz CT molecular complexity index is 1140. The van der Waals surface area contributed by atoms with Crippen molar-refractivity contribution in [3.63, 3.8) is 0 Å². The number of rotatable bonds is 7. The zero-order chi connectivity index (χ0) is 20.9. The lowest BCUT2D eigenvalue weighted by Crippen LogP contribution is -2.03. The lowest BCUT2D eigenvalue weighted by atomic mass is 10.1. The molecular weight excluding hydrogens is 412 g/mol. The lowest BCUT2D eigenvalue weighted by Gasteiger charge is -2.03. The number of thiazole rings is 1. The molecule has 0 saturated heterocycles. The zero-order valence-electron chi connectivity index (χ0n) is 16.9. The van der Waals surface area contributed by atoms with E-state index in [0.717, 1.165) is 38.0 Å². The highest BCUT2D eigenvalue weighted by molar-refractivity contribution is 7.80. The summed E-state index contributed by atoms with van der Waals surface area (Å²) >= 11 is 0.187. The number of hydrogen-bond acceptors (Lipinski definition) is 5. The number of pyridine rings is 1. The van der Waals surface area contributed by atoms with Crippen LogP contribution in [0.1, 0.15) is 16.1 Å². The van der Waals surface area contributed by atoms with Crippen molar-refractivity contribution < 1.29 is 8.39 Å². The van der Waals surface area contributed by atoms with E-state index in [4.69, 9.17) is 9.17 Å². The van der Waals surface area contributed by atoms with Crippen molar-refractivity contribution in [2.75, 3.05) is 6.61 Å². The highest BCUT2D eigenvalue weighted by Gasteiger charge is 2.12. The van der Waals surface area contributed by atoms with E-state index < -0.39 is 11.1 Å². The summed E-state index contributed by atoms with van der Waals surface area (Å²) in [5, 5.41) is 0.939. The van der Waals surface area contributed by atoms with Crippen LogP contribution in [0.3, 0.4) is 0 Å². The zero-order valence-corrected chi connectivity index (χ0v) is 18.5. The van der Waals surface area contributed by atoms with Crippen LogP contribution in [0.5, 0.6) is 0 Å². The minimum atomic E-state index is -1.46. The van der Waals surface area contributed by atoms with E-state index in [1.165, 1.54) is 0 Å². The van der Waals surface area contributed by atoms with Crippen molar-refractivity contribution in [3.8, 4) is 21.8 Å². The van der Waals surface area contributed by atoms with Crippen LogP contribution in [0.4, 0.5) is 0 Å². The molecule has 4 rings (SSSR count). The van der Waals surface area contributed by atoms with Crippen LogP contribution in [0.2, 0.25) is 0 Å². The van der Waals surface area contributed by atoms with Crippen LogP contribution in [0, 0.1) is 13.8 Å². The van der Waals surface area contributed by atoms with Crippen molar-refractivity contribution in [2.24, 2.45) is 0 Å². The largest absolute Gasteiger partial charge is 0.286 e. The van der Waals surface area contributed by atoms with Gasteiger partial charge in [0.25, 0.3) is 0 Å². The standard InChI is InChI=1S/C24H22N2O2S2/c1-17-8-11-21(12-9-17)30(27)28-15-14-22-18(2)29-24(26-22)20-10-13-23(25-16-20)19-6-4-3-5-7-19/h3-13,16H,14-15H2,1-2H3. The fourth-order valence-electron chi connectivity index (χ4n) is 3.01. The van der Waals surface area contributed by atoms with E-state index in [9.17, 15) is 4.21 Å². The summed E-state index contributed by atoms with van der Waals surface area (Å²) in [4.78, 5) is 11.2. The molecule has 0 aliphatic heterocycles. The van der Waals surface area contributed by atoms with E-state index in [1.54, 1.807) is 11.3 Å². The molecule has 0 amide bonds. The highest BCUT2D eigenvalue weighted by Crippen LogP contribution is 2.29. The van der Waals surface area contributed by atoms with Gasteiger partial charge in [0.1, 0.15) is 5.01 Å². The molecule has 30 heavy (non-hydrogen) atoms. The van der Waals surface area contributed by atoms with E-state index in [-0.39, 0.29) is 0 Å². The Hall–Kier alpha value is -2.67. The van der Waals surface area contributed by atoms with Gasteiger partial charge in [-0.15, -0.1) is 11.3 Å². The molecule has 0 radical (unpaired) electrons. The third-order valence-electron chi connectivity index (χ3n) is 4.72. The first-order chi connectivity index (χ1) is 14.6. The van der Waals surface area contributed by atoms with Gasteiger partial charge < -0.3 is 0 Å². The summed E-state index contributed by atoms with van der Waals surface area (Å²) in [5.74, 6) is 0. The summed E-state index contributed by atoms with van der Waals surface area (Å²) in [7, 11) is 0. The molecule has 0 spiro atoms. The van der Waals surface area contributed by atoms with Gasteiger partial charge in [-0.3, -0.25) is 9.17 Å². The molecule has 0 fully saturated rings. The molecule has 0 aliphatic carbocycles. The average molecular weight is 435 g/mol. The molecule has 0 bridgehead atoms. The van der Waals surface area contributed by atoms with Crippen molar-refractivity contribution in [3.05, 3.63) is 89.1 Å². The summed E-state index contributed by atoms with van der Waals surface area (Å²) in [5.41, 5.74) is 5.15. The second kappa shape index (κ2) is 9.43. The smallest absolute Gasteiger partial charge is 0.189 e. The quantitative estimate of drug-likeness (QED) is 0.370. The third kappa shape index (κ3) is 4.90. The Morgan fingerprint density at radius 1 is 0.933 bits per heavy atom. The third-order valence-corrected chi connectivity index (χ3v) is 6.82. The van der Waals surface area contributed by atoms with Crippen LogP contribution < -0.4 is 0 Å². The maximum Gasteiger partial charge on any atom is 0.189 e. The fraction of sp³-hybridized carbons (Fsp3) is 0.167. The lowest BCUT2D eigenvalue weighted by molar-refractivity contribution is 0.350. The predicted octanol–water partition coefficient (Wildman–Crippen LogP) is 5.77. The van der Waals surface area contributed by atoms with Crippen LogP contribution >= 0.6 is 11.3 Å². The van der Waals surface area contributed by atoms with Crippen molar-refractivity contribution in [1.82, 2.24) is 9.97 Å². The maximum absolute atomic E-state index is 12.3. The SMILES string of the molecule is Cc1ccc(S(=O)OCCc2nc(-c3ccc(-c4ccccc4)nc3)sc2C)cc1. The van der Waals surface area contributed by atoms with Crippen molar-refractivity contribution in [2.45, 2.75) is 25.2 Å². The Morgan fingerprint density at radius 2 is 1.70 bits per heavy atom. The molecule has 6 heteroatoms. The van der Waals surface area contributed by atoms with Crippen molar-refractivity contribution in [1.29, 1.82) is 0 Å². The fourth-order valence-corrected chi connectivity index (χ4v) is 4.69. The van der Waals surface area contributed by atoms with Gasteiger partial charge in [0.2, 0.25) is 0 Å². The number of hydrogen-bond donors (Lipinski definition) is 0. The molecule has 152 valence electrons. The van der Waals surface area contributed by atoms with Crippen LogP contribution in [0.15, 0.2) is 77.8 Å². The molecule has 0 aliphatic rings. The van der Waals surface area contributed by atoms with Gasteiger partial charge in [-0.25, -0.2) is 9.19 Å². The van der Waals surface area contributed by atoms with Gasteiger partial charge in [-0.05, 0) is 38.1 Å². The predicted molar refractivity (Wildman–Crippen MR) is 123 cm³/mol. The van der Waals surface area contributed by atoms with E-state index in [2.05, 4.69) is 18.0 Å². The number of benzene rings is 2. The summed E-state index contributed by atoms with van der Waals surface area (Å²) in [6.45, 7) is 4.41. The molecule has 1 unspecified atom stereocenters. The first-order valence-electron chi connectivity index (χ1n) is 9.70. The second-order valence-electron chi connectivity index (χ2n) is 6.94. The Labute approximate surface area is 183 Å². The second-order valence-corrected chi connectivity index (χ2v) is 9.32. The van der Waals surface area contributed by atoms with Gasteiger partial charge in [-0.1, -0.05) is 48.0 Å². The highest BCUT2D eigenvalue weighted by atomic mass is 32.2. The van der Waals surface area contributed by atoms with Crippen molar-refractivity contribution >= 4 is 22.4 Å². The Balaban J connectivity index is 1.39. The topological polar surface area (TPSA) is 52.1 Å². The molecule has 4 nitrogen and oxygen atoms in total. The summed E-state index contributed by atoms with van der Waals surface area (Å²) < 4.78 is 17.8. The van der Waals surface area contributed by atoms with E-state index in [1.807, 2.05) is 73.8 Å². The monoisotopic (exact) mass is 434 g/mol. The molecule has 0 N–H and O–H groups in total. The molecule has 1 atom stereocenters. The minimum absolute atomic E-state index is 0.357. The molecule has 2 aromatic carbocycles. The number of aryl methyl sites for hydroxylation is 2. The normalized spacial score (nSPS) is 12.1. The average Bonchev–Trinajstić information content (AvgIpc) is 3.15. The van der Waals surface area contributed by atoms with E-state index >= 15 is 0 Å². The molecular formula is C24H22N2O2S2. The van der Waals surface area contributed by atoms with Gasteiger partial charge in [0, 0.05) is 28.6 Å². The molecule has 4 aromatic rings. The molecule has 2 aromatic heterocycles. The molecule has 2 heterocycles. The van der Waals surface area contributed by atoms with Gasteiger partial charge in [0.15, 0.2) is 11.1 Å². The van der Waals surface area contributed by atoms with Crippen LogP contribution in [-0.2, 0) is 21.7 Å². The van der Waals surface area contributed by atoms with Gasteiger partial charge >= 0.3 is 0 Å². The number of nitrogens with zero attached hydrogens (tertiary/aromatic N) is 2. The minimum Gasteiger partial charge on any atom is -0.286 e. The van der Waals surface area contributed by atoms with E-state index in [0.29, 0.717) is 17.9 Å². The Morgan fingerprint density at radius 3 is 2.40 bits per heavy atom. The summed E-state index contributed by atoms with van der Waals surface area (Å²) in [6, 6.07) is 21.7.